The molecular formula is C14H20N2O4S. The Morgan fingerprint density at radius 1 is 1.10 bits per heavy atom. The van der Waals surface area contributed by atoms with Crippen molar-refractivity contribution in [1.29, 1.82) is 5.26 Å². The van der Waals surface area contributed by atoms with Crippen LogP contribution >= 0.6 is 0 Å². The minimum atomic E-state index is -3.45. The van der Waals surface area contributed by atoms with Gasteiger partial charge in [0.2, 0.25) is 10.0 Å². The molecule has 0 aliphatic heterocycles. The molecule has 0 unspecified atom stereocenters. The lowest BCUT2D eigenvalue weighted by atomic mass is 10.2. The number of hydrogen-bond acceptors (Lipinski definition) is 5. The monoisotopic (exact) mass is 312 g/mol. The third-order valence-electron chi connectivity index (χ3n) is 2.92. The van der Waals surface area contributed by atoms with Crippen molar-refractivity contribution in [3.63, 3.8) is 0 Å². The van der Waals surface area contributed by atoms with Crippen molar-refractivity contribution in [3.05, 3.63) is 35.4 Å². The molecule has 0 saturated heterocycles. The van der Waals surface area contributed by atoms with Gasteiger partial charge >= 0.3 is 0 Å². The lowest BCUT2D eigenvalue weighted by Gasteiger charge is -2.21. The van der Waals surface area contributed by atoms with Crippen LogP contribution in [0.25, 0.3) is 0 Å². The fourth-order valence-corrected chi connectivity index (χ4v) is 3.26. The third kappa shape index (κ3) is 5.81. The van der Waals surface area contributed by atoms with Gasteiger partial charge in [0, 0.05) is 27.3 Å². The van der Waals surface area contributed by atoms with Crippen molar-refractivity contribution >= 4 is 10.0 Å². The molecule has 0 N–H and O–H groups in total. The van der Waals surface area contributed by atoms with Crippen LogP contribution in [0.1, 0.15) is 11.1 Å². The predicted molar refractivity (Wildman–Crippen MR) is 79.1 cm³/mol. The molecule has 0 amide bonds. The van der Waals surface area contributed by atoms with E-state index in [0.717, 1.165) is 0 Å². The smallest absolute Gasteiger partial charge is 0.218 e. The van der Waals surface area contributed by atoms with Gasteiger partial charge in [0.05, 0.1) is 30.6 Å². The van der Waals surface area contributed by atoms with Crippen LogP contribution in [0.4, 0.5) is 0 Å². The summed E-state index contributed by atoms with van der Waals surface area (Å²) in [6.07, 6.45) is 0. The van der Waals surface area contributed by atoms with Crippen LogP contribution in [0.15, 0.2) is 24.3 Å². The molecule has 1 aromatic rings. The van der Waals surface area contributed by atoms with E-state index in [1.54, 1.807) is 24.3 Å². The molecule has 0 heterocycles. The number of methoxy groups -OCH3 is 2. The Hall–Kier alpha value is -1.46. The van der Waals surface area contributed by atoms with Gasteiger partial charge in [-0.15, -0.1) is 0 Å². The highest BCUT2D eigenvalue weighted by Gasteiger charge is 2.22. The second-order valence-corrected chi connectivity index (χ2v) is 6.42. The number of nitrogens with zero attached hydrogens (tertiary/aromatic N) is 2. The first-order valence-corrected chi connectivity index (χ1v) is 8.09. The summed E-state index contributed by atoms with van der Waals surface area (Å²) in [6, 6.07) is 8.53. The van der Waals surface area contributed by atoms with Crippen molar-refractivity contribution in [2.24, 2.45) is 0 Å². The molecule has 21 heavy (non-hydrogen) atoms. The zero-order chi connectivity index (χ0) is 15.7. The quantitative estimate of drug-likeness (QED) is 0.679. The van der Waals surface area contributed by atoms with Gasteiger partial charge in [0.15, 0.2) is 0 Å². The number of hydrogen-bond donors (Lipinski definition) is 0. The molecule has 0 bridgehead atoms. The highest BCUT2D eigenvalue weighted by atomic mass is 32.2. The van der Waals surface area contributed by atoms with Crippen LogP contribution in [0.3, 0.4) is 0 Å². The van der Waals surface area contributed by atoms with Gasteiger partial charge in [-0.2, -0.15) is 9.57 Å². The summed E-state index contributed by atoms with van der Waals surface area (Å²) >= 11 is 0. The zero-order valence-corrected chi connectivity index (χ0v) is 13.1. The van der Waals surface area contributed by atoms with Crippen LogP contribution in [0.2, 0.25) is 0 Å². The highest BCUT2D eigenvalue weighted by molar-refractivity contribution is 7.88. The standard InChI is InChI=1S/C14H20N2O4S/c1-19-9-7-16(8-10-20-2)21(17,18)12-14-5-3-13(11-15)4-6-14/h3-6H,7-10,12H2,1-2H3. The maximum absolute atomic E-state index is 12.4. The van der Waals surface area contributed by atoms with Crippen molar-refractivity contribution in [2.75, 3.05) is 40.5 Å². The van der Waals surface area contributed by atoms with E-state index in [-0.39, 0.29) is 5.75 Å². The minimum absolute atomic E-state index is 0.105. The predicted octanol–water partition coefficient (Wildman–Crippen LogP) is 0.983. The fraction of sp³-hybridized carbons (Fsp3) is 0.500. The summed E-state index contributed by atoms with van der Waals surface area (Å²) in [7, 11) is -0.390. The van der Waals surface area contributed by atoms with Crippen molar-refractivity contribution in [3.8, 4) is 6.07 Å². The summed E-state index contributed by atoms with van der Waals surface area (Å²) < 4.78 is 36.1. The largest absolute Gasteiger partial charge is 0.383 e. The average Bonchev–Trinajstić information content (AvgIpc) is 2.47. The van der Waals surface area contributed by atoms with Crippen molar-refractivity contribution in [2.45, 2.75) is 5.75 Å². The van der Waals surface area contributed by atoms with Crippen LogP contribution in [0, 0.1) is 11.3 Å². The van der Waals surface area contributed by atoms with Gasteiger partial charge in [0.1, 0.15) is 0 Å². The van der Waals surface area contributed by atoms with Gasteiger partial charge in [-0.1, -0.05) is 12.1 Å². The second kappa shape index (κ2) is 8.74. The molecule has 0 atom stereocenters. The molecule has 0 spiro atoms. The van der Waals surface area contributed by atoms with E-state index < -0.39 is 10.0 Å². The maximum Gasteiger partial charge on any atom is 0.218 e. The second-order valence-electron chi connectivity index (χ2n) is 4.45. The molecule has 0 aliphatic rings. The van der Waals surface area contributed by atoms with Crippen LogP contribution < -0.4 is 0 Å². The number of benzene rings is 1. The number of rotatable bonds is 9. The molecule has 0 aliphatic carbocycles. The lowest BCUT2D eigenvalue weighted by Crippen LogP contribution is -2.37. The van der Waals surface area contributed by atoms with E-state index in [9.17, 15) is 8.42 Å². The van der Waals surface area contributed by atoms with E-state index in [1.165, 1.54) is 18.5 Å². The zero-order valence-electron chi connectivity index (χ0n) is 12.3. The molecule has 6 nitrogen and oxygen atoms in total. The van der Waals surface area contributed by atoms with Crippen molar-refractivity contribution in [1.82, 2.24) is 4.31 Å². The first-order chi connectivity index (χ1) is 10.0. The lowest BCUT2D eigenvalue weighted by molar-refractivity contribution is 0.150. The number of ether oxygens (including phenoxy) is 2. The summed E-state index contributed by atoms with van der Waals surface area (Å²) in [4.78, 5) is 0. The first kappa shape index (κ1) is 17.6. The Morgan fingerprint density at radius 3 is 2.05 bits per heavy atom. The summed E-state index contributed by atoms with van der Waals surface area (Å²) in [6.45, 7) is 1.24. The molecule has 1 rings (SSSR count). The average molecular weight is 312 g/mol. The number of nitriles is 1. The van der Waals surface area contributed by atoms with Crippen LogP contribution in [-0.4, -0.2) is 53.2 Å². The van der Waals surface area contributed by atoms with Gasteiger partial charge in [-0.3, -0.25) is 0 Å². The Labute approximate surface area is 125 Å². The van der Waals surface area contributed by atoms with Gasteiger partial charge in [-0.05, 0) is 17.7 Å². The van der Waals surface area contributed by atoms with E-state index in [2.05, 4.69) is 0 Å². The van der Waals surface area contributed by atoms with E-state index in [1.807, 2.05) is 6.07 Å². The Balaban J connectivity index is 2.80. The van der Waals surface area contributed by atoms with Crippen LogP contribution in [-0.2, 0) is 25.2 Å². The van der Waals surface area contributed by atoms with E-state index in [0.29, 0.717) is 37.4 Å². The topological polar surface area (TPSA) is 79.6 Å². The molecule has 116 valence electrons. The third-order valence-corrected chi connectivity index (χ3v) is 4.77. The van der Waals surface area contributed by atoms with Gasteiger partial charge < -0.3 is 9.47 Å². The molecular weight excluding hydrogens is 292 g/mol. The SMILES string of the molecule is COCCN(CCOC)S(=O)(=O)Cc1ccc(C#N)cc1. The summed E-state index contributed by atoms with van der Waals surface area (Å²) in [5.41, 5.74) is 1.15. The Bertz CT molecular complexity index is 556. The Kier molecular flexibility index (Phi) is 7.32. The van der Waals surface area contributed by atoms with E-state index >= 15 is 0 Å². The number of sulfonamides is 1. The molecule has 0 radical (unpaired) electrons. The maximum atomic E-state index is 12.4. The first-order valence-electron chi connectivity index (χ1n) is 6.48. The van der Waals surface area contributed by atoms with Gasteiger partial charge in [0.25, 0.3) is 0 Å². The molecule has 1 aromatic carbocycles. The summed E-state index contributed by atoms with van der Waals surface area (Å²) in [5.74, 6) is -0.105. The van der Waals surface area contributed by atoms with Crippen molar-refractivity contribution < 1.29 is 17.9 Å². The van der Waals surface area contributed by atoms with E-state index in [4.69, 9.17) is 14.7 Å². The minimum Gasteiger partial charge on any atom is -0.383 e. The summed E-state index contributed by atoms with van der Waals surface area (Å²) in [5, 5.41) is 8.74. The van der Waals surface area contributed by atoms with Gasteiger partial charge in [-0.25, -0.2) is 8.42 Å². The molecule has 0 saturated carbocycles. The van der Waals surface area contributed by atoms with Crippen LogP contribution in [0.5, 0.6) is 0 Å². The normalized spacial score (nSPS) is 11.5. The molecule has 7 heteroatoms. The Morgan fingerprint density at radius 2 is 1.62 bits per heavy atom. The highest BCUT2D eigenvalue weighted by Crippen LogP contribution is 2.12. The molecule has 0 aromatic heterocycles. The molecule has 0 fully saturated rings. The fourth-order valence-electron chi connectivity index (χ4n) is 1.75.